The van der Waals surface area contributed by atoms with Crippen molar-refractivity contribution in [3.8, 4) is 5.75 Å². The topological polar surface area (TPSA) is 42.0 Å². The van der Waals surface area contributed by atoms with Crippen molar-refractivity contribution in [1.29, 1.82) is 0 Å². The fourth-order valence-electron chi connectivity index (χ4n) is 3.42. The van der Waals surface area contributed by atoms with E-state index in [1.807, 2.05) is 42.2 Å². The summed E-state index contributed by atoms with van der Waals surface area (Å²) in [5.41, 5.74) is -0.600. The van der Waals surface area contributed by atoms with E-state index in [9.17, 15) is 4.79 Å². The summed E-state index contributed by atoms with van der Waals surface area (Å²) in [6, 6.07) is 9.89. The van der Waals surface area contributed by atoms with Gasteiger partial charge in [0.2, 0.25) is 0 Å². The van der Waals surface area contributed by atoms with E-state index in [0.717, 1.165) is 57.7 Å². The van der Waals surface area contributed by atoms with Gasteiger partial charge in [-0.3, -0.25) is 9.69 Å². The zero-order chi connectivity index (χ0) is 16.8. The maximum atomic E-state index is 12.7. The van der Waals surface area contributed by atoms with Crippen LogP contribution in [-0.4, -0.2) is 67.2 Å². The Morgan fingerprint density at radius 1 is 1.17 bits per heavy atom. The van der Waals surface area contributed by atoms with E-state index in [4.69, 9.17) is 9.47 Å². The molecule has 24 heavy (non-hydrogen) atoms. The number of nitrogens with zero attached hydrogens (tertiary/aromatic N) is 2. The maximum Gasteiger partial charge on any atom is 0.254 e. The molecule has 0 bridgehead atoms. The maximum absolute atomic E-state index is 12.7. The third-order valence-electron chi connectivity index (χ3n) is 5.00. The van der Waals surface area contributed by atoms with Crippen LogP contribution in [-0.2, 0) is 9.53 Å². The lowest BCUT2D eigenvalue weighted by molar-refractivity contribution is -0.163. The molecule has 0 radical (unpaired) electrons. The van der Waals surface area contributed by atoms with Gasteiger partial charge in [-0.05, 0) is 38.3 Å². The molecule has 3 rings (SSSR count). The second-order valence-electron chi connectivity index (χ2n) is 6.83. The van der Waals surface area contributed by atoms with Crippen molar-refractivity contribution in [3.05, 3.63) is 30.3 Å². The molecule has 2 aliphatic heterocycles. The lowest BCUT2D eigenvalue weighted by Crippen LogP contribution is -2.56. The van der Waals surface area contributed by atoms with Crippen molar-refractivity contribution >= 4 is 5.91 Å². The van der Waals surface area contributed by atoms with Crippen molar-refractivity contribution in [3.63, 3.8) is 0 Å². The van der Waals surface area contributed by atoms with Crippen LogP contribution in [0.5, 0.6) is 5.75 Å². The molecule has 0 saturated carbocycles. The fourth-order valence-corrected chi connectivity index (χ4v) is 3.42. The summed E-state index contributed by atoms with van der Waals surface area (Å²) in [4.78, 5) is 17.1. The standard InChI is InChI=1S/C19H28N2O3/c1-19(9-5-6-15-24-19)18(22)21-12-10-20(11-13-21)14-16-23-17-7-3-2-4-8-17/h2-4,7-8H,5-6,9-16H2,1H3. The van der Waals surface area contributed by atoms with Gasteiger partial charge in [-0.15, -0.1) is 0 Å². The largest absolute Gasteiger partial charge is 0.492 e. The molecule has 5 heteroatoms. The Morgan fingerprint density at radius 3 is 2.58 bits per heavy atom. The SMILES string of the molecule is CC1(C(=O)N2CCN(CCOc3ccccc3)CC2)CCCCO1. The number of para-hydroxylation sites is 1. The van der Waals surface area contributed by atoms with Gasteiger partial charge in [-0.1, -0.05) is 18.2 Å². The molecule has 5 nitrogen and oxygen atoms in total. The van der Waals surface area contributed by atoms with Gasteiger partial charge in [0.05, 0.1) is 0 Å². The number of piperazine rings is 1. The van der Waals surface area contributed by atoms with E-state index in [1.54, 1.807) is 0 Å². The Labute approximate surface area is 144 Å². The average Bonchev–Trinajstić information content (AvgIpc) is 2.63. The quantitative estimate of drug-likeness (QED) is 0.829. The van der Waals surface area contributed by atoms with Crippen LogP contribution in [0.3, 0.4) is 0 Å². The normalized spacial score (nSPS) is 25.5. The highest BCUT2D eigenvalue weighted by molar-refractivity contribution is 5.85. The molecule has 1 aromatic carbocycles. The minimum atomic E-state index is -0.600. The Hall–Kier alpha value is -1.59. The van der Waals surface area contributed by atoms with Gasteiger partial charge in [0, 0.05) is 39.3 Å². The number of carbonyl (C=O) groups excluding carboxylic acids is 1. The first-order valence-electron chi connectivity index (χ1n) is 9.01. The Bertz CT molecular complexity index is 521. The molecule has 1 aromatic rings. The first kappa shape index (κ1) is 17.2. The monoisotopic (exact) mass is 332 g/mol. The molecule has 0 aromatic heterocycles. The number of rotatable bonds is 5. The zero-order valence-electron chi connectivity index (χ0n) is 14.6. The van der Waals surface area contributed by atoms with Gasteiger partial charge >= 0.3 is 0 Å². The van der Waals surface area contributed by atoms with E-state index in [-0.39, 0.29) is 5.91 Å². The van der Waals surface area contributed by atoms with Gasteiger partial charge in [0.1, 0.15) is 18.0 Å². The van der Waals surface area contributed by atoms with Crippen molar-refractivity contribution in [2.45, 2.75) is 31.8 Å². The molecule has 0 spiro atoms. The summed E-state index contributed by atoms with van der Waals surface area (Å²) in [5, 5.41) is 0. The predicted molar refractivity (Wildman–Crippen MR) is 93.2 cm³/mol. The third kappa shape index (κ3) is 4.28. The summed E-state index contributed by atoms with van der Waals surface area (Å²) < 4.78 is 11.5. The molecular formula is C19H28N2O3. The lowest BCUT2D eigenvalue weighted by Gasteiger charge is -2.41. The number of amides is 1. The lowest BCUT2D eigenvalue weighted by atomic mass is 9.94. The zero-order valence-corrected chi connectivity index (χ0v) is 14.6. The fraction of sp³-hybridized carbons (Fsp3) is 0.632. The molecule has 0 aliphatic carbocycles. The summed E-state index contributed by atoms with van der Waals surface area (Å²) in [7, 11) is 0. The molecule has 2 aliphatic rings. The molecule has 1 unspecified atom stereocenters. The second-order valence-corrected chi connectivity index (χ2v) is 6.83. The van der Waals surface area contributed by atoms with Crippen molar-refractivity contribution in [2.24, 2.45) is 0 Å². The molecule has 1 atom stereocenters. The van der Waals surface area contributed by atoms with Crippen molar-refractivity contribution in [2.75, 3.05) is 45.9 Å². The van der Waals surface area contributed by atoms with E-state index in [0.29, 0.717) is 13.2 Å². The minimum Gasteiger partial charge on any atom is -0.492 e. The third-order valence-corrected chi connectivity index (χ3v) is 5.00. The van der Waals surface area contributed by atoms with Crippen LogP contribution in [0.1, 0.15) is 26.2 Å². The van der Waals surface area contributed by atoms with Crippen LogP contribution < -0.4 is 4.74 Å². The predicted octanol–water partition coefficient (Wildman–Crippen LogP) is 2.17. The molecule has 2 saturated heterocycles. The highest BCUT2D eigenvalue weighted by Crippen LogP contribution is 2.27. The number of hydrogen-bond acceptors (Lipinski definition) is 4. The van der Waals surface area contributed by atoms with Gasteiger partial charge in [0.15, 0.2) is 0 Å². The highest BCUT2D eigenvalue weighted by Gasteiger charge is 2.39. The molecule has 0 N–H and O–H groups in total. The Balaban J connectivity index is 1.40. The van der Waals surface area contributed by atoms with E-state index in [1.165, 1.54) is 0 Å². The van der Waals surface area contributed by atoms with E-state index >= 15 is 0 Å². The molecule has 2 heterocycles. The Kier molecular flexibility index (Phi) is 5.74. The summed E-state index contributed by atoms with van der Waals surface area (Å²) in [6.45, 7) is 7.60. The summed E-state index contributed by atoms with van der Waals surface area (Å²) in [6.07, 6.45) is 2.99. The number of hydrogen-bond donors (Lipinski definition) is 0. The van der Waals surface area contributed by atoms with Crippen LogP contribution in [0.4, 0.5) is 0 Å². The Morgan fingerprint density at radius 2 is 1.92 bits per heavy atom. The van der Waals surface area contributed by atoms with Crippen LogP contribution in [0.25, 0.3) is 0 Å². The number of ether oxygens (including phenoxy) is 2. The van der Waals surface area contributed by atoms with Crippen molar-refractivity contribution in [1.82, 2.24) is 9.80 Å². The van der Waals surface area contributed by atoms with Crippen LogP contribution >= 0.6 is 0 Å². The van der Waals surface area contributed by atoms with Crippen LogP contribution in [0.2, 0.25) is 0 Å². The molecular weight excluding hydrogens is 304 g/mol. The molecule has 132 valence electrons. The minimum absolute atomic E-state index is 0.169. The first-order chi connectivity index (χ1) is 11.7. The summed E-state index contributed by atoms with van der Waals surface area (Å²) in [5.74, 6) is 1.08. The number of carbonyl (C=O) groups is 1. The molecule has 2 fully saturated rings. The summed E-state index contributed by atoms with van der Waals surface area (Å²) >= 11 is 0. The van der Waals surface area contributed by atoms with Gasteiger partial charge in [-0.25, -0.2) is 0 Å². The van der Waals surface area contributed by atoms with Crippen LogP contribution in [0.15, 0.2) is 30.3 Å². The van der Waals surface area contributed by atoms with E-state index in [2.05, 4.69) is 4.90 Å². The first-order valence-corrected chi connectivity index (χ1v) is 9.01. The van der Waals surface area contributed by atoms with E-state index < -0.39 is 5.60 Å². The second kappa shape index (κ2) is 7.99. The van der Waals surface area contributed by atoms with Gasteiger partial charge < -0.3 is 14.4 Å². The smallest absolute Gasteiger partial charge is 0.254 e. The van der Waals surface area contributed by atoms with Crippen molar-refractivity contribution < 1.29 is 14.3 Å². The van der Waals surface area contributed by atoms with Gasteiger partial charge in [-0.2, -0.15) is 0 Å². The molecule has 1 amide bonds. The average molecular weight is 332 g/mol. The van der Waals surface area contributed by atoms with Gasteiger partial charge in [0.25, 0.3) is 5.91 Å². The number of benzene rings is 1. The van der Waals surface area contributed by atoms with Crippen LogP contribution in [0, 0.1) is 0 Å². The highest BCUT2D eigenvalue weighted by atomic mass is 16.5.